The van der Waals surface area contributed by atoms with E-state index in [1.165, 1.54) is 45.9 Å². The van der Waals surface area contributed by atoms with Gasteiger partial charge in [0.25, 0.3) is 0 Å². The quantitative estimate of drug-likeness (QED) is 0.0162. The molecule has 0 heterocycles. The normalized spacial score (nSPS) is 14.9. The molecule has 0 bridgehead atoms. The van der Waals surface area contributed by atoms with Crippen molar-refractivity contribution in [3.63, 3.8) is 0 Å². The van der Waals surface area contributed by atoms with Gasteiger partial charge in [-0.2, -0.15) is 33.7 Å². The summed E-state index contributed by atoms with van der Waals surface area (Å²) < 4.78 is 149. The predicted octanol–water partition coefficient (Wildman–Crippen LogP) is 9.47. The Bertz CT molecular complexity index is 2170. The number of hydrogen-bond donors (Lipinski definition) is 6. The minimum absolute atomic E-state index is 0.169. The third-order valence-corrected chi connectivity index (χ3v) is 14.7. The Morgan fingerprint density at radius 3 is 1.20 bits per heavy atom. The van der Waals surface area contributed by atoms with Gasteiger partial charge in [-0.15, -0.1) is 0 Å². The Kier molecular flexibility index (Phi) is 27.1. The van der Waals surface area contributed by atoms with E-state index in [0.717, 1.165) is 37.8 Å². The minimum Gasteiger partial charge on any atom is -0.508 e. The molecule has 0 aromatic heterocycles. The second-order valence-electron chi connectivity index (χ2n) is 15.2. The van der Waals surface area contributed by atoms with Gasteiger partial charge in [-0.1, -0.05) is 109 Å². The van der Waals surface area contributed by atoms with E-state index in [1.807, 2.05) is 13.8 Å². The maximum Gasteiger partial charge on any atom is 0.446 e. The molecule has 2 aromatic rings. The summed E-state index contributed by atoms with van der Waals surface area (Å²) in [6.07, 6.45) is 20.7. The molecular formula is C42H62O18S6. The number of phenols is 2. The van der Waals surface area contributed by atoms with Crippen LogP contribution < -0.4 is 8.37 Å². The highest BCUT2D eigenvalue weighted by atomic mass is 33.1. The van der Waals surface area contributed by atoms with Gasteiger partial charge in [0.1, 0.15) is 23.0 Å². The smallest absolute Gasteiger partial charge is 0.446 e. The summed E-state index contributed by atoms with van der Waals surface area (Å²) in [6, 6.07) is 7.84. The molecule has 18 nitrogen and oxygen atoms in total. The van der Waals surface area contributed by atoms with E-state index in [2.05, 4.69) is 8.37 Å². The second kappa shape index (κ2) is 30.4. The molecule has 6 N–H and O–H groups in total. The molecule has 2 aromatic carbocycles. The van der Waals surface area contributed by atoms with Gasteiger partial charge in [-0.25, -0.2) is 8.37 Å². The molecule has 24 heteroatoms. The number of benzene rings is 2. The van der Waals surface area contributed by atoms with E-state index in [-0.39, 0.29) is 59.2 Å². The Labute approximate surface area is 398 Å². The van der Waals surface area contributed by atoms with Crippen LogP contribution in [-0.4, -0.2) is 84.8 Å². The van der Waals surface area contributed by atoms with Crippen LogP contribution >= 0.6 is 21.6 Å². The van der Waals surface area contributed by atoms with Crippen LogP contribution in [-0.2, 0) is 62.8 Å². The van der Waals surface area contributed by atoms with Crippen LogP contribution in [0.3, 0.4) is 0 Å². The van der Waals surface area contributed by atoms with E-state index in [1.54, 1.807) is 48.6 Å². The molecule has 66 heavy (non-hydrogen) atoms. The third-order valence-electron chi connectivity index (χ3n) is 9.36. The van der Waals surface area contributed by atoms with Crippen LogP contribution in [0.2, 0.25) is 0 Å². The van der Waals surface area contributed by atoms with E-state index in [0.29, 0.717) is 62.5 Å². The summed E-state index contributed by atoms with van der Waals surface area (Å²) in [5.74, 6) is -0.933. The molecule has 0 spiro atoms. The first-order chi connectivity index (χ1) is 30.9. The lowest BCUT2D eigenvalue weighted by atomic mass is 10.0. The molecule has 0 saturated heterocycles. The van der Waals surface area contributed by atoms with Crippen molar-refractivity contribution in [3.05, 3.63) is 96.1 Å². The second-order valence-corrected chi connectivity index (χ2v) is 22.2. The number of aromatic hydroxyl groups is 2. The van der Waals surface area contributed by atoms with Crippen molar-refractivity contribution in [2.75, 3.05) is 0 Å². The molecule has 0 aliphatic rings. The zero-order valence-corrected chi connectivity index (χ0v) is 41.6. The average Bonchev–Trinajstić information content (AvgIpc) is 3.16. The number of phenolic OH excluding ortho intramolecular Hbond substituents is 2. The van der Waals surface area contributed by atoms with Crippen molar-refractivity contribution < 1.29 is 78.8 Å². The number of aryl methyl sites for hydroxylation is 2. The summed E-state index contributed by atoms with van der Waals surface area (Å²) in [5, 5.41) is 19.6. The van der Waals surface area contributed by atoms with Crippen LogP contribution in [0.1, 0.15) is 115 Å². The van der Waals surface area contributed by atoms with Crippen molar-refractivity contribution in [2.45, 2.75) is 139 Å². The van der Waals surface area contributed by atoms with E-state index in [9.17, 15) is 53.0 Å². The molecule has 4 atom stereocenters. The fraction of sp³-hybridized carbons (Fsp3) is 0.524. The summed E-state index contributed by atoms with van der Waals surface area (Å²) in [6.45, 7) is 3.64. The maximum atomic E-state index is 11.9. The number of allylic oxidation sites excluding steroid dienone is 6. The molecule has 0 aliphatic carbocycles. The zero-order chi connectivity index (χ0) is 49.2. The molecule has 0 aliphatic heterocycles. The summed E-state index contributed by atoms with van der Waals surface area (Å²) in [7, 11) is -16.2. The average molecular weight is 1050 g/mol. The monoisotopic (exact) mass is 1050 g/mol. The highest BCUT2D eigenvalue weighted by Gasteiger charge is 2.26. The van der Waals surface area contributed by atoms with E-state index in [4.69, 9.17) is 17.5 Å². The van der Waals surface area contributed by atoms with Crippen LogP contribution in [0, 0.1) is 0 Å². The van der Waals surface area contributed by atoms with Crippen LogP contribution in [0.5, 0.6) is 23.0 Å². The summed E-state index contributed by atoms with van der Waals surface area (Å²) in [4.78, 5) is 0. The topological polar surface area (TPSA) is 295 Å². The Balaban J connectivity index is 2.25. The van der Waals surface area contributed by atoms with Gasteiger partial charge in [0.15, 0.2) is 0 Å². The Morgan fingerprint density at radius 2 is 0.864 bits per heavy atom. The fourth-order valence-corrected chi connectivity index (χ4v) is 11.8. The highest BCUT2D eigenvalue weighted by molar-refractivity contribution is 8.77. The molecule has 0 radical (unpaired) electrons. The van der Waals surface area contributed by atoms with Gasteiger partial charge in [0.2, 0.25) is 0 Å². The molecule has 0 unspecified atom stereocenters. The zero-order valence-electron chi connectivity index (χ0n) is 36.7. The van der Waals surface area contributed by atoms with Gasteiger partial charge < -0.3 is 18.6 Å². The van der Waals surface area contributed by atoms with E-state index >= 15 is 0 Å². The lowest BCUT2D eigenvalue weighted by Gasteiger charge is -2.25. The van der Waals surface area contributed by atoms with Crippen molar-refractivity contribution in [2.24, 2.45) is 0 Å². The van der Waals surface area contributed by atoms with Gasteiger partial charge in [0, 0.05) is 22.6 Å². The summed E-state index contributed by atoms with van der Waals surface area (Å²) >= 11 is 0. The van der Waals surface area contributed by atoms with Gasteiger partial charge in [-0.05, 0) is 113 Å². The molecule has 0 fully saturated rings. The Morgan fingerprint density at radius 1 is 0.500 bits per heavy atom. The predicted molar refractivity (Wildman–Crippen MR) is 256 cm³/mol. The maximum absolute atomic E-state index is 11.9. The van der Waals surface area contributed by atoms with Crippen molar-refractivity contribution in [1.29, 1.82) is 0 Å². The molecule has 0 saturated carbocycles. The fourth-order valence-electron chi connectivity index (χ4n) is 6.71. The minimum atomic E-state index is -4.82. The van der Waals surface area contributed by atoms with Crippen LogP contribution in [0.4, 0.5) is 0 Å². The SMILES string of the molecule is C/C=C/C=C/C[C@H](C[C@@H](CCCCCCc1cc(O)cc(OS(=O)(=O)O)c1)SS[C@H](CCCCCCc1cc(O)cc(OS(=O)(=O)O)c1)C[C@H](C/C=C/C=C/C)OS(=O)(=O)O)OS(=O)(=O)O. The van der Waals surface area contributed by atoms with Crippen LogP contribution in [0.15, 0.2) is 85.0 Å². The summed E-state index contributed by atoms with van der Waals surface area (Å²) in [5.41, 5.74) is 1.18. The van der Waals surface area contributed by atoms with Crippen molar-refractivity contribution >= 4 is 63.2 Å². The van der Waals surface area contributed by atoms with E-state index < -0.39 is 53.8 Å². The molecule has 0 amide bonds. The van der Waals surface area contributed by atoms with Gasteiger partial charge >= 0.3 is 41.6 Å². The van der Waals surface area contributed by atoms with Crippen LogP contribution in [0.25, 0.3) is 0 Å². The largest absolute Gasteiger partial charge is 0.508 e. The van der Waals surface area contributed by atoms with Gasteiger partial charge in [-0.3, -0.25) is 18.2 Å². The lowest BCUT2D eigenvalue weighted by Crippen LogP contribution is -2.23. The van der Waals surface area contributed by atoms with Crippen molar-refractivity contribution in [3.8, 4) is 23.0 Å². The lowest BCUT2D eigenvalue weighted by molar-refractivity contribution is 0.172. The molecular weight excluding hydrogens is 985 g/mol. The number of unbranched alkanes of at least 4 members (excludes halogenated alkanes) is 6. The Hall–Kier alpha value is -3.14. The first-order valence-corrected chi connectivity index (χ1v) is 28.8. The highest BCUT2D eigenvalue weighted by Crippen LogP contribution is 2.41. The first-order valence-electron chi connectivity index (χ1n) is 21.1. The molecule has 374 valence electrons. The van der Waals surface area contributed by atoms with Gasteiger partial charge in [0.05, 0.1) is 12.2 Å². The standard InChI is InChI=1S/C42H62O18S6/c1-3-5-7-15-21-37(57-63(45,46)47)31-41(23-17-11-9-13-19-33-25-35(43)29-39(27-33)59-65(51,52)53)61-62-42(32-38(58-64(48,49)50)22-16-8-6-4-2)24-18-12-10-14-20-34-26-36(44)30-40(28-34)60-66(54,55)56/h3-8,15-16,25-30,37-38,41-44H,9-14,17-24,31-32H2,1-2H3,(H,45,46,47)(H,48,49,50)(H,51,52,53)(H,54,55,56)/b5-3+,6-4+,15-7+,16-8+/t37-,38+,41-,42-/m1/s1. The number of rotatable bonds is 35. The first kappa shape index (κ1) is 59.0. The van der Waals surface area contributed by atoms with Crippen molar-refractivity contribution in [1.82, 2.24) is 0 Å². The number of hydrogen-bond acceptors (Lipinski definition) is 16. The molecule has 2 rings (SSSR count). The third kappa shape index (κ3) is 31.0.